The van der Waals surface area contributed by atoms with Crippen molar-refractivity contribution in [3.05, 3.63) is 0 Å². The summed E-state index contributed by atoms with van der Waals surface area (Å²) >= 11 is 4.58. The van der Waals surface area contributed by atoms with Crippen LogP contribution in [0.15, 0.2) is 0 Å². The molecule has 0 saturated heterocycles. The van der Waals surface area contributed by atoms with Crippen molar-refractivity contribution in [2.24, 2.45) is 11.7 Å². The summed E-state index contributed by atoms with van der Waals surface area (Å²) in [5.41, 5.74) is 5.19. The molecule has 1 rings (SSSR count). The summed E-state index contributed by atoms with van der Waals surface area (Å²) in [4.78, 5) is 22.4. The van der Waals surface area contributed by atoms with Crippen molar-refractivity contribution in [2.45, 2.75) is 19.3 Å². The number of nitrogens with one attached hydrogen (secondary N) is 2. The van der Waals surface area contributed by atoms with E-state index in [1.807, 2.05) is 0 Å². The van der Waals surface area contributed by atoms with Crippen molar-refractivity contribution in [1.29, 1.82) is 0 Å². The minimum absolute atomic E-state index is 0.0614. The molecule has 0 heterocycles. The first-order valence-electron chi connectivity index (χ1n) is 4.92. The van der Waals surface area contributed by atoms with Gasteiger partial charge < -0.3 is 16.4 Å². The number of rotatable bonds is 6. The highest BCUT2D eigenvalue weighted by atomic mass is 32.1. The summed E-state index contributed by atoms with van der Waals surface area (Å²) in [6, 6.07) is 0. The Kier molecular flexibility index (Phi) is 4.48. The van der Waals surface area contributed by atoms with E-state index in [0.29, 0.717) is 13.1 Å². The summed E-state index contributed by atoms with van der Waals surface area (Å²) in [7, 11) is 0. The molecular formula is C9H15N3O2S. The van der Waals surface area contributed by atoms with Gasteiger partial charge in [-0.2, -0.15) is 0 Å². The van der Waals surface area contributed by atoms with Crippen LogP contribution in [0.1, 0.15) is 19.3 Å². The Hall–Kier alpha value is -1.17. The van der Waals surface area contributed by atoms with E-state index in [0.717, 1.165) is 12.8 Å². The largest absolute Gasteiger partial charge is 0.393 e. The third-order valence-electron chi connectivity index (χ3n) is 2.03. The fourth-order valence-electron chi connectivity index (χ4n) is 1.10. The summed E-state index contributed by atoms with van der Waals surface area (Å²) in [5.74, 6) is 0.0825. The average molecular weight is 229 g/mol. The maximum absolute atomic E-state index is 11.2. The van der Waals surface area contributed by atoms with E-state index in [2.05, 4.69) is 22.9 Å². The van der Waals surface area contributed by atoms with Gasteiger partial charge in [-0.05, 0) is 12.8 Å². The molecule has 1 saturated carbocycles. The normalized spacial score (nSPS) is 14.4. The zero-order valence-corrected chi connectivity index (χ0v) is 9.23. The quantitative estimate of drug-likeness (QED) is 0.415. The van der Waals surface area contributed by atoms with Gasteiger partial charge in [0.1, 0.15) is 0 Å². The van der Waals surface area contributed by atoms with Crippen molar-refractivity contribution in [3.63, 3.8) is 0 Å². The van der Waals surface area contributed by atoms with Crippen LogP contribution in [0, 0.1) is 5.92 Å². The van der Waals surface area contributed by atoms with E-state index < -0.39 is 0 Å². The highest BCUT2D eigenvalue weighted by molar-refractivity contribution is 7.80. The smallest absolute Gasteiger partial charge is 0.226 e. The zero-order chi connectivity index (χ0) is 11.3. The van der Waals surface area contributed by atoms with E-state index in [-0.39, 0.29) is 29.1 Å². The van der Waals surface area contributed by atoms with Crippen molar-refractivity contribution < 1.29 is 9.59 Å². The Bertz CT molecular complexity index is 277. The van der Waals surface area contributed by atoms with Crippen LogP contribution in [-0.2, 0) is 9.59 Å². The second-order valence-corrected chi connectivity index (χ2v) is 4.08. The molecular weight excluding hydrogens is 214 g/mol. The fourth-order valence-corrected chi connectivity index (χ4v) is 1.23. The lowest BCUT2D eigenvalue weighted by Crippen LogP contribution is -2.36. The van der Waals surface area contributed by atoms with Crippen molar-refractivity contribution in [2.75, 3.05) is 13.1 Å². The van der Waals surface area contributed by atoms with Gasteiger partial charge in [-0.1, -0.05) is 12.2 Å². The number of nitrogens with two attached hydrogens (primary N) is 1. The Morgan fingerprint density at radius 2 is 1.87 bits per heavy atom. The van der Waals surface area contributed by atoms with Crippen molar-refractivity contribution in [1.82, 2.24) is 10.6 Å². The zero-order valence-electron chi connectivity index (χ0n) is 8.41. The second kappa shape index (κ2) is 5.65. The number of thiocarbonyl (C=S) groups is 1. The third kappa shape index (κ3) is 5.31. The monoisotopic (exact) mass is 229 g/mol. The van der Waals surface area contributed by atoms with Crippen LogP contribution in [0.2, 0.25) is 0 Å². The maximum atomic E-state index is 11.2. The minimum atomic E-state index is -0.205. The van der Waals surface area contributed by atoms with Gasteiger partial charge in [-0.25, -0.2) is 0 Å². The number of hydrogen-bond donors (Lipinski definition) is 3. The molecule has 2 amide bonds. The molecule has 0 spiro atoms. The molecule has 0 aromatic carbocycles. The van der Waals surface area contributed by atoms with E-state index in [1.54, 1.807) is 0 Å². The molecule has 6 heteroatoms. The van der Waals surface area contributed by atoms with Crippen molar-refractivity contribution in [3.8, 4) is 0 Å². The van der Waals surface area contributed by atoms with E-state index in [4.69, 9.17) is 5.73 Å². The first-order valence-corrected chi connectivity index (χ1v) is 5.33. The molecule has 1 aliphatic carbocycles. The molecule has 0 unspecified atom stereocenters. The van der Waals surface area contributed by atoms with Crippen LogP contribution in [0.4, 0.5) is 0 Å². The van der Waals surface area contributed by atoms with E-state index >= 15 is 0 Å². The lowest BCUT2D eigenvalue weighted by molar-refractivity contribution is -0.123. The van der Waals surface area contributed by atoms with Crippen molar-refractivity contribution >= 4 is 29.0 Å². The second-order valence-electron chi connectivity index (χ2n) is 3.56. The van der Waals surface area contributed by atoms with Gasteiger partial charge in [0.15, 0.2) is 0 Å². The first-order chi connectivity index (χ1) is 7.09. The molecule has 84 valence electrons. The summed E-state index contributed by atoms with van der Waals surface area (Å²) < 4.78 is 0. The molecule has 0 radical (unpaired) electrons. The number of carbonyl (C=O) groups excluding carboxylic acids is 2. The molecule has 0 aromatic rings. The van der Waals surface area contributed by atoms with Gasteiger partial charge in [0.2, 0.25) is 11.8 Å². The lowest BCUT2D eigenvalue weighted by atomic mass is 10.4. The van der Waals surface area contributed by atoms with Crippen LogP contribution < -0.4 is 16.4 Å². The Balaban J connectivity index is 1.98. The molecule has 4 N–H and O–H groups in total. The average Bonchev–Trinajstić information content (AvgIpc) is 2.93. The van der Waals surface area contributed by atoms with Gasteiger partial charge in [0, 0.05) is 19.0 Å². The minimum Gasteiger partial charge on any atom is -0.393 e. The van der Waals surface area contributed by atoms with Crippen LogP contribution in [0.5, 0.6) is 0 Å². The molecule has 1 aliphatic rings. The third-order valence-corrected chi connectivity index (χ3v) is 2.17. The Morgan fingerprint density at radius 1 is 1.27 bits per heavy atom. The molecule has 15 heavy (non-hydrogen) atoms. The van der Waals surface area contributed by atoms with E-state index in [1.165, 1.54) is 0 Å². The topological polar surface area (TPSA) is 84.2 Å². The molecule has 1 fully saturated rings. The predicted octanol–water partition coefficient (Wildman–Crippen LogP) is -0.695. The van der Waals surface area contributed by atoms with Crippen LogP contribution in [0.25, 0.3) is 0 Å². The van der Waals surface area contributed by atoms with Gasteiger partial charge in [-0.15, -0.1) is 0 Å². The molecule has 5 nitrogen and oxygen atoms in total. The summed E-state index contributed by atoms with van der Waals surface area (Å²) in [6.45, 7) is 0.873. The Labute approximate surface area is 93.8 Å². The number of carbonyl (C=O) groups is 2. The fraction of sp³-hybridized carbons (Fsp3) is 0.667. The highest BCUT2D eigenvalue weighted by Crippen LogP contribution is 2.28. The summed E-state index contributed by atoms with van der Waals surface area (Å²) in [5, 5.41) is 5.34. The van der Waals surface area contributed by atoms with Crippen LogP contribution in [-0.4, -0.2) is 29.9 Å². The molecule has 0 bridgehead atoms. The van der Waals surface area contributed by atoms with Crippen LogP contribution in [0.3, 0.4) is 0 Å². The number of hydrogen-bond acceptors (Lipinski definition) is 3. The van der Waals surface area contributed by atoms with Crippen LogP contribution >= 0.6 is 12.2 Å². The predicted molar refractivity (Wildman–Crippen MR) is 60.1 cm³/mol. The SMILES string of the molecule is NC(=S)CC(=O)NCCNC(=O)C1CC1. The maximum Gasteiger partial charge on any atom is 0.226 e. The Morgan fingerprint density at radius 3 is 2.40 bits per heavy atom. The molecule has 0 atom stereocenters. The van der Waals surface area contributed by atoms with E-state index in [9.17, 15) is 9.59 Å². The number of amides is 2. The standard InChI is InChI=1S/C9H15N3O2S/c10-7(15)5-8(13)11-3-4-12-9(14)6-1-2-6/h6H,1-5H2,(H2,10,15)(H,11,13)(H,12,14). The van der Waals surface area contributed by atoms with Gasteiger partial charge in [-0.3, -0.25) is 9.59 Å². The first kappa shape index (κ1) is 11.9. The molecule has 0 aromatic heterocycles. The lowest BCUT2D eigenvalue weighted by Gasteiger charge is -2.05. The van der Waals surface area contributed by atoms with Gasteiger partial charge in [0.25, 0.3) is 0 Å². The molecule has 0 aliphatic heterocycles. The van der Waals surface area contributed by atoms with Gasteiger partial charge >= 0.3 is 0 Å². The summed E-state index contributed by atoms with van der Waals surface area (Å²) in [6.07, 6.45) is 2.03. The van der Waals surface area contributed by atoms with Gasteiger partial charge in [0.05, 0.1) is 11.4 Å². The highest BCUT2D eigenvalue weighted by Gasteiger charge is 2.28.